The third-order valence-electron chi connectivity index (χ3n) is 11.7. The van der Waals surface area contributed by atoms with Gasteiger partial charge in [-0.15, -0.1) is 0 Å². The molecule has 5 atom stereocenters. The third-order valence-corrected chi connectivity index (χ3v) is 12.5. The maximum absolute atomic E-state index is 17.2. The summed E-state index contributed by atoms with van der Waals surface area (Å²) in [7, 11) is 0. The minimum atomic E-state index is -0.495. The van der Waals surface area contributed by atoms with Gasteiger partial charge < -0.3 is 14.8 Å². The lowest BCUT2D eigenvalue weighted by Crippen LogP contribution is -2.41. The van der Waals surface area contributed by atoms with Crippen molar-refractivity contribution in [1.82, 2.24) is 34.5 Å². The second-order valence-corrected chi connectivity index (χ2v) is 15.6. The van der Waals surface area contributed by atoms with Gasteiger partial charge in [0.2, 0.25) is 5.91 Å². The number of benzene rings is 2. The van der Waals surface area contributed by atoms with Crippen molar-refractivity contribution in [3.63, 3.8) is 0 Å². The van der Waals surface area contributed by atoms with Crippen LogP contribution in [0.1, 0.15) is 78.8 Å². The Morgan fingerprint density at radius 2 is 1.92 bits per heavy atom. The van der Waals surface area contributed by atoms with Crippen molar-refractivity contribution in [3.8, 4) is 23.3 Å². The molecule has 1 N–H and O–H groups in total. The molecule has 3 aliphatic heterocycles. The summed E-state index contributed by atoms with van der Waals surface area (Å²) in [5, 5.41) is 29.5. The highest BCUT2D eigenvalue weighted by Crippen LogP contribution is 2.52. The number of carbonyl (C=O) groups excluding carboxylic acids is 1. The van der Waals surface area contributed by atoms with Crippen molar-refractivity contribution in [2.24, 2.45) is 11.8 Å². The summed E-state index contributed by atoms with van der Waals surface area (Å²) < 4.78 is 21.5. The number of carbonyl (C=O) groups is 1. The highest BCUT2D eigenvalue weighted by Gasteiger charge is 2.51. The molecule has 1 amide bonds. The predicted molar refractivity (Wildman–Crippen MR) is 195 cm³/mol. The number of aryl methyl sites for hydroxylation is 3. The molecule has 6 heterocycles. The Kier molecular flexibility index (Phi) is 8.03. The van der Waals surface area contributed by atoms with Gasteiger partial charge in [0, 0.05) is 64.8 Å². The summed E-state index contributed by atoms with van der Waals surface area (Å²) in [6.45, 7) is 5.20. The van der Waals surface area contributed by atoms with Gasteiger partial charge >= 0.3 is 0 Å². The summed E-state index contributed by atoms with van der Waals surface area (Å²) in [6.07, 6.45) is 4.10. The van der Waals surface area contributed by atoms with Gasteiger partial charge in [0.05, 0.1) is 52.2 Å². The van der Waals surface area contributed by atoms with Crippen LogP contribution in [0.3, 0.4) is 0 Å². The fourth-order valence-corrected chi connectivity index (χ4v) is 9.52. The van der Waals surface area contributed by atoms with Crippen LogP contribution in [0.25, 0.3) is 32.9 Å². The number of fused-ring (bicyclic) bond motifs is 4. The standard InChI is InChI=1S/C39H36Cl2FN9O/c1-19-26-16-31(30-15-24(18-49(30)39(52)21-8-9-21)51-20(2)47-32(48-51)10-12-44)50(37-23-14-29(37)45-17-23)38(26)27-13-22(5-4-11-43)33(35(42)36(27)46-19)25-6-3-7-28(40)34(25)41/h3,6-7,13,16,21,23-24,29-30,37,45H,4-5,8-10,14-15,17-18H2,1-2H3/t23-,24+,29-,30-,37+/m1/s1. The van der Waals surface area contributed by atoms with E-state index < -0.39 is 5.82 Å². The van der Waals surface area contributed by atoms with E-state index >= 15 is 4.39 Å². The van der Waals surface area contributed by atoms with Gasteiger partial charge in [-0.3, -0.25) is 4.79 Å². The molecule has 3 saturated heterocycles. The van der Waals surface area contributed by atoms with E-state index in [4.69, 9.17) is 33.3 Å². The van der Waals surface area contributed by atoms with Crippen molar-refractivity contribution in [2.75, 3.05) is 13.1 Å². The average molecular weight is 737 g/mol. The number of amides is 1. The lowest BCUT2D eigenvalue weighted by molar-refractivity contribution is -0.133. The number of pyridine rings is 1. The summed E-state index contributed by atoms with van der Waals surface area (Å²) in [6, 6.07) is 13.7. The second-order valence-electron chi connectivity index (χ2n) is 14.8. The van der Waals surface area contributed by atoms with E-state index in [0.29, 0.717) is 63.9 Å². The summed E-state index contributed by atoms with van der Waals surface area (Å²) in [5.74, 6) is 1.27. The molecule has 13 heteroatoms. The molecule has 2 bridgehead atoms. The molecule has 264 valence electrons. The summed E-state index contributed by atoms with van der Waals surface area (Å²) in [4.78, 5) is 25.6. The first-order valence-corrected chi connectivity index (χ1v) is 18.7. The average Bonchev–Trinajstić information content (AvgIpc) is 3.53. The van der Waals surface area contributed by atoms with E-state index in [1.807, 2.05) is 29.5 Å². The van der Waals surface area contributed by atoms with Crippen LogP contribution in [0.2, 0.25) is 10.0 Å². The first-order valence-electron chi connectivity index (χ1n) is 18.0. The number of likely N-dealkylation sites (tertiary alicyclic amines) is 1. The number of halogens is 3. The fourth-order valence-electron chi connectivity index (χ4n) is 9.13. The predicted octanol–water partition coefficient (Wildman–Crippen LogP) is 7.49. The SMILES string of the molecule is Cc1nc2c(F)c(-c3cccc(Cl)c3Cl)c(CCC#N)cc2c2c1cc([C@H]1C[C@H](n3nc(CC#N)nc3C)CN1C(=O)C1CC1)n2[C@H]1[C@H]2CN[C@@H]1C2. The maximum Gasteiger partial charge on any atom is 0.226 e. The zero-order valence-corrected chi connectivity index (χ0v) is 30.3. The highest BCUT2D eigenvalue weighted by molar-refractivity contribution is 6.43. The number of rotatable bonds is 8. The Morgan fingerprint density at radius 3 is 2.63 bits per heavy atom. The Labute approximate surface area is 310 Å². The van der Waals surface area contributed by atoms with Gasteiger partial charge in [0.25, 0.3) is 0 Å². The van der Waals surface area contributed by atoms with Crippen molar-refractivity contribution in [1.29, 1.82) is 10.5 Å². The molecule has 5 aromatic rings. The van der Waals surface area contributed by atoms with Gasteiger partial charge in [0.1, 0.15) is 11.3 Å². The molecular formula is C39H36Cl2FN9O. The van der Waals surface area contributed by atoms with Gasteiger partial charge in [0.15, 0.2) is 11.6 Å². The molecule has 0 unspecified atom stereocenters. The molecule has 5 aliphatic rings. The lowest BCUT2D eigenvalue weighted by atomic mass is 9.79. The van der Waals surface area contributed by atoms with Gasteiger partial charge in [-0.25, -0.2) is 19.0 Å². The molecular weight excluding hydrogens is 700 g/mol. The Morgan fingerprint density at radius 1 is 1.10 bits per heavy atom. The van der Waals surface area contributed by atoms with Crippen molar-refractivity contribution < 1.29 is 9.18 Å². The summed E-state index contributed by atoms with van der Waals surface area (Å²) in [5.41, 5.74) is 4.28. The monoisotopic (exact) mass is 735 g/mol. The van der Waals surface area contributed by atoms with E-state index in [-0.39, 0.29) is 59.4 Å². The van der Waals surface area contributed by atoms with E-state index in [9.17, 15) is 15.3 Å². The van der Waals surface area contributed by atoms with E-state index in [2.05, 4.69) is 33.1 Å². The number of hydrogen-bond acceptors (Lipinski definition) is 7. The normalized spacial score (nSPS) is 23.7. The first kappa shape index (κ1) is 33.3. The highest BCUT2D eigenvalue weighted by atomic mass is 35.5. The smallest absolute Gasteiger partial charge is 0.226 e. The van der Waals surface area contributed by atoms with Crippen LogP contribution in [0.5, 0.6) is 0 Å². The topological polar surface area (TPSA) is 128 Å². The molecule has 5 fully saturated rings. The quantitative estimate of drug-likeness (QED) is 0.175. The largest absolute Gasteiger partial charge is 0.337 e. The lowest BCUT2D eigenvalue weighted by Gasteiger charge is -2.39. The van der Waals surface area contributed by atoms with E-state index in [0.717, 1.165) is 48.2 Å². The van der Waals surface area contributed by atoms with Gasteiger partial charge in [-0.1, -0.05) is 35.3 Å². The molecule has 10 rings (SSSR count). The number of nitrogens with one attached hydrogen (secondary N) is 1. The minimum Gasteiger partial charge on any atom is -0.337 e. The van der Waals surface area contributed by atoms with E-state index in [1.54, 1.807) is 18.2 Å². The zero-order chi connectivity index (χ0) is 36.0. The fraction of sp³-hybridized carbons (Fsp3) is 0.436. The second kappa shape index (κ2) is 12.5. The minimum absolute atomic E-state index is 0.0179. The molecule has 0 spiro atoms. The van der Waals surface area contributed by atoms with Crippen molar-refractivity contribution >= 4 is 50.9 Å². The Bertz CT molecular complexity index is 2390. The Balaban J connectivity index is 1.28. The maximum atomic E-state index is 17.2. The van der Waals surface area contributed by atoms with Gasteiger partial charge in [-0.05, 0) is 75.6 Å². The van der Waals surface area contributed by atoms with Crippen LogP contribution >= 0.6 is 23.2 Å². The molecule has 2 aromatic carbocycles. The van der Waals surface area contributed by atoms with Gasteiger partial charge in [-0.2, -0.15) is 15.6 Å². The van der Waals surface area contributed by atoms with Crippen molar-refractivity contribution in [2.45, 2.75) is 83.0 Å². The number of nitrogens with zero attached hydrogens (tertiary/aromatic N) is 8. The van der Waals surface area contributed by atoms with Crippen LogP contribution in [0.4, 0.5) is 4.39 Å². The Hall–Kier alpha value is -4.55. The first-order chi connectivity index (χ1) is 25.2. The van der Waals surface area contributed by atoms with Crippen molar-refractivity contribution in [3.05, 3.63) is 74.8 Å². The van der Waals surface area contributed by atoms with Crippen LogP contribution in [0.15, 0.2) is 30.3 Å². The zero-order valence-electron chi connectivity index (χ0n) is 28.8. The third kappa shape index (κ3) is 5.12. The molecule has 52 heavy (non-hydrogen) atoms. The van der Waals surface area contributed by atoms with Crippen LogP contribution in [0, 0.1) is 54.2 Å². The number of aromatic nitrogens is 5. The molecule has 2 saturated carbocycles. The van der Waals surface area contributed by atoms with Crippen LogP contribution in [-0.2, 0) is 17.6 Å². The summed E-state index contributed by atoms with van der Waals surface area (Å²) >= 11 is 13.1. The van der Waals surface area contributed by atoms with Crippen LogP contribution in [-0.4, -0.2) is 54.3 Å². The van der Waals surface area contributed by atoms with Crippen LogP contribution < -0.4 is 5.32 Å². The number of nitriles is 2. The van der Waals surface area contributed by atoms with E-state index in [1.165, 1.54) is 0 Å². The molecule has 3 aromatic heterocycles. The number of hydrogen-bond donors (Lipinski definition) is 1. The molecule has 0 radical (unpaired) electrons. The molecule has 2 aliphatic carbocycles. The molecule has 10 nitrogen and oxygen atoms in total.